The molecule has 1 unspecified atom stereocenters. The van der Waals surface area contributed by atoms with E-state index in [-0.39, 0.29) is 11.4 Å². The van der Waals surface area contributed by atoms with Gasteiger partial charge < -0.3 is 10.6 Å². The fraction of sp³-hybridized carbons (Fsp3) is 0.0952. The van der Waals surface area contributed by atoms with Gasteiger partial charge in [0.25, 0.3) is 0 Å². The predicted molar refractivity (Wildman–Crippen MR) is 111 cm³/mol. The van der Waals surface area contributed by atoms with Crippen LogP contribution in [0.3, 0.4) is 0 Å². The van der Waals surface area contributed by atoms with Crippen molar-refractivity contribution in [2.75, 3.05) is 11.9 Å². The number of hydrogen-bond acceptors (Lipinski definition) is 3. The molecule has 2 N–H and O–H groups in total. The number of nitrogens with one attached hydrogen (secondary N) is 2. The van der Waals surface area contributed by atoms with Gasteiger partial charge in [-0.2, -0.15) is 0 Å². The number of amides is 2. The Bertz CT molecular complexity index is 1070. The van der Waals surface area contributed by atoms with E-state index in [1.165, 1.54) is 12.1 Å². The Kier molecular flexibility index (Phi) is 6.51. The van der Waals surface area contributed by atoms with Crippen LogP contribution in [0.15, 0.2) is 83.8 Å². The molecule has 3 aromatic rings. The van der Waals surface area contributed by atoms with Crippen LogP contribution in [0.1, 0.15) is 10.8 Å². The topological polar surface area (TPSA) is 75.3 Å². The maximum absolute atomic E-state index is 13.2. The van der Waals surface area contributed by atoms with Crippen LogP contribution in [0.5, 0.6) is 0 Å². The van der Waals surface area contributed by atoms with Crippen molar-refractivity contribution in [3.05, 3.63) is 95.3 Å². The van der Waals surface area contributed by atoms with Gasteiger partial charge in [0.1, 0.15) is 11.1 Å². The molecule has 0 aliphatic rings. The van der Waals surface area contributed by atoms with Crippen molar-refractivity contribution in [1.82, 2.24) is 5.32 Å². The molecule has 0 spiro atoms. The monoisotopic (exact) mass is 432 g/mol. The maximum Gasteiger partial charge on any atom is 0.319 e. The van der Waals surface area contributed by atoms with E-state index in [0.717, 1.165) is 12.1 Å². The van der Waals surface area contributed by atoms with Crippen LogP contribution in [0.4, 0.5) is 14.9 Å². The summed E-state index contributed by atoms with van der Waals surface area (Å²) in [4.78, 5) is 12.2. The van der Waals surface area contributed by atoms with Crippen LogP contribution in [-0.2, 0) is 9.84 Å². The van der Waals surface area contributed by atoms with Gasteiger partial charge in [-0.05, 0) is 54.1 Å². The summed E-state index contributed by atoms with van der Waals surface area (Å²) in [5, 5.41) is 4.71. The summed E-state index contributed by atoms with van der Waals surface area (Å²) in [6, 6.07) is 19.1. The SMILES string of the molecule is O=C(NCC(c1ccccc1)S(=O)(=O)c1ccc(F)cc1)Nc1ccc(Cl)cc1. The number of carbonyl (C=O) groups excluding carboxylic acids is 1. The molecule has 0 heterocycles. The molecule has 0 radical (unpaired) electrons. The van der Waals surface area contributed by atoms with Gasteiger partial charge >= 0.3 is 6.03 Å². The molecule has 8 heteroatoms. The van der Waals surface area contributed by atoms with E-state index in [0.29, 0.717) is 16.3 Å². The van der Waals surface area contributed by atoms with Gasteiger partial charge in [-0.15, -0.1) is 0 Å². The Morgan fingerprint density at radius 2 is 1.55 bits per heavy atom. The van der Waals surface area contributed by atoms with Gasteiger partial charge in [-0.3, -0.25) is 0 Å². The highest BCUT2D eigenvalue weighted by Gasteiger charge is 2.29. The van der Waals surface area contributed by atoms with E-state index in [9.17, 15) is 17.6 Å². The lowest BCUT2D eigenvalue weighted by Gasteiger charge is -2.19. The van der Waals surface area contributed by atoms with Crippen molar-refractivity contribution in [3.8, 4) is 0 Å². The quantitative estimate of drug-likeness (QED) is 0.548. The summed E-state index contributed by atoms with van der Waals surface area (Å²) < 4.78 is 39.5. The molecule has 0 saturated carbocycles. The lowest BCUT2D eigenvalue weighted by molar-refractivity contribution is 0.252. The second-order valence-corrected chi connectivity index (χ2v) is 8.81. The zero-order valence-corrected chi connectivity index (χ0v) is 16.8. The van der Waals surface area contributed by atoms with Gasteiger partial charge in [-0.1, -0.05) is 41.9 Å². The number of rotatable bonds is 6. The highest BCUT2D eigenvalue weighted by molar-refractivity contribution is 7.91. The van der Waals surface area contributed by atoms with E-state index in [1.54, 1.807) is 54.6 Å². The van der Waals surface area contributed by atoms with Gasteiger partial charge in [0.2, 0.25) is 0 Å². The zero-order valence-electron chi connectivity index (χ0n) is 15.2. The highest BCUT2D eigenvalue weighted by atomic mass is 35.5. The average Bonchev–Trinajstić information content (AvgIpc) is 2.71. The van der Waals surface area contributed by atoms with Crippen molar-refractivity contribution < 1.29 is 17.6 Å². The molecule has 0 saturated heterocycles. The fourth-order valence-electron chi connectivity index (χ4n) is 2.76. The summed E-state index contributed by atoms with van der Waals surface area (Å²) >= 11 is 5.82. The van der Waals surface area contributed by atoms with E-state index in [4.69, 9.17) is 11.6 Å². The van der Waals surface area contributed by atoms with Crippen LogP contribution in [0.25, 0.3) is 0 Å². The second-order valence-electron chi connectivity index (χ2n) is 6.24. The molecular formula is C21H18ClFN2O3S. The molecule has 0 aromatic heterocycles. The summed E-state index contributed by atoms with van der Waals surface area (Å²) in [6.07, 6.45) is 0. The number of carbonyl (C=O) groups is 1. The number of benzene rings is 3. The van der Waals surface area contributed by atoms with Gasteiger partial charge in [0.05, 0.1) is 4.90 Å². The first kappa shape index (κ1) is 20.8. The smallest absolute Gasteiger partial charge is 0.319 e. The summed E-state index contributed by atoms with van der Waals surface area (Å²) in [6.45, 7) is -0.164. The Labute approximate surface area is 173 Å². The minimum atomic E-state index is -3.87. The van der Waals surface area contributed by atoms with Crippen LogP contribution < -0.4 is 10.6 Å². The maximum atomic E-state index is 13.2. The van der Waals surface area contributed by atoms with Crippen LogP contribution in [0, 0.1) is 5.82 Å². The van der Waals surface area contributed by atoms with Crippen molar-refractivity contribution in [2.24, 2.45) is 0 Å². The third-order valence-electron chi connectivity index (χ3n) is 4.24. The molecular weight excluding hydrogens is 415 g/mol. The van der Waals surface area contributed by atoms with Crippen LogP contribution in [0.2, 0.25) is 5.02 Å². The minimum absolute atomic E-state index is 0.0207. The van der Waals surface area contributed by atoms with Crippen LogP contribution >= 0.6 is 11.6 Å². The molecule has 3 rings (SSSR count). The second kappa shape index (κ2) is 9.07. The fourth-order valence-corrected chi connectivity index (χ4v) is 4.54. The third-order valence-corrected chi connectivity index (χ3v) is 6.61. The molecule has 0 aliphatic heterocycles. The molecule has 29 heavy (non-hydrogen) atoms. The van der Waals surface area contributed by atoms with Crippen LogP contribution in [-0.4, -0.2) is 21.0 Å². The number of hydrogen-bond donors (Lipinski definition) is 2. The van der Waals surface area contributed by atoms with Crippen molar-refractivity contribution in [1.29, 1.82) is 0 Å². The van der Waals surface area contributed by atoms with Gasteiger partial charge in [-0.25, -0.2) is 17.6 Å². The number of urea groups is 1. The Morgan fingerprint density at radius 1 is 0.931 bits per heavy atom. The molecule has 0 bridgehead atoms. The van der Waals surface area contributed by atoms with Crippen molar-refractivity contribution in [3.63, 3.8) is 0 Å². The molecule has 2 amide bonds. The van der Waals surface area contributed by atoms with Crippen molar-refractivity contribution >= 4 is 33.2 Å². The molecule has 3 aromatic carbocycles. The largest absolute Gasteiger partial charge is 0.336 e. The summed E-state index contributed by atoms with van der Waals surface area (Å²) in [5.74, 6) is -0.527. The number of halogens is 2. The van der Waals surface area contributed by atoms with E-state index >= 15 is 0 Å². The lowest BCUT2D eigenvalue weighted by Crippen LogP contribution is -2.34. The lowest BCUT2D eigenvalue weighted by atomic mass is 10.1. The molecule has 0 fully saturated rings. The minimum Gasteiger partial charge on any atom is -0.336 e. The third kappa shape index (κ3) is 5.34. The van der Waals surface area contributed by atoms with Crippen molar-refractivity contribution in [2.45, 2.75) is 10.1 Å². The number of sulfone groups is 1. The first-order chi connectivity index (χ1) is 13.9. The zero-order chi connectivity index (χ0) is 20.9. The number of anilines is 1. The van der Waals surface area contributed by atoms with E-state index < -0.39 is 26.9 Å². The molecule has 150 valence electrons. The Morgan fingerprint density at radius 3 is 2.17 bits per heavy atom. The Hall–Kier alpha value is -2.90. The molecule has 0 aliphatic carbocycles. The van der Waals surface area contributed by atoms with E-state index in [1.807, 2.05) is 0 Å². The molecule has 1 atom stereocenters. The van der Waals surface area contributed by atoms with Gasteiger partial charge in [0.15, 0.2) is 9.84 Å². The predicted octanol–water partition coefficient (Wildman–Crippen LogP) is 4.82. The van der Waals surface area contributed by atoms with Gasteiger partial charge in [0, 0.05) is 17.3 Å². The average molecular weight is 433 g/mol. The summed E-state index contributed by atoms with van der Waals surface area (Å²) in [7, 11) is -3.87. The normalized spacial score (nSPS) is 12.2. The first-order valence-corrected chi connectivity index (χ1v) is 10.6. The van der Waals surface area contributed by atoms with E-state index in [2.05, 4.69) is 10.6 Å². The standard InChI is InChI=1S/C21H18ClFN2O3S/c22-16-6-10-18(11-7-16)25-21(26)24-14-20(15-4-2-1-3-5-15)29(27,28)19-12-8-17(23)9-13-19/h1-13,20H,14H2,(H2,24,25,26). The first-order valence-electron chi connectivity index (χ1n) is 8.71. The summed E-state index contributed by atoms with van der Waals surface area (Å²) in [5.41, 5.74) is 1.04. The Balaban J connectivity index is 1.80. The molecule has 5 nitrogen and oxygen atoms in total. The highest BCUT2D eigenvalue weighted by Crippen LogP contribution is 2.28.